The van der Waals surface area contributed by atoms with Gasteiger partial charge in [-0.15, -0.1) is 11.3 Å². The summed E-state index contributed by atoms with van der Waals surface area (Å²) in [5.41, 5.74) is 1.77. The molecule has 1 aliphatic rings. The number of nitrogens with zero attached hydrogens (tertiary/aromatic N) is 3. The Morgan fingerprint density at radius 2 is 2.12 bits per heavy atom. The van der Waals surface area contributed by atoms with Crippen LogP contribution in [0.2, 0.25) is 0 Å². The van der Waals surface area contributed by atoms with Crippen molar-refractivity contribution in [3.8, 4) is 0 Å². The first kappa shape index (κ1) is 15.1. The predicted octanol–water partition coefficient (Wildman–Crippen LogP) is 3.51. The molecule has 0 aliphatic heterocycles. The van der Waals surface area contributed by atoms with Gasteiger partial charge >= 0.3 is 0 Å². The zero-order valence-electron chi connectivity index (χ0n) is 13.6. The standard InChI is InChI=1S/C16H17N5O2S/c1-8-6-24-15(19-8)20-13(22)10-9(2)23-14-11(10)12(17-7-18-14)21-16(3)4-5-16/h6-7H,4-5H2,1-3H3,(H,17,18,21)(H,19,20,22). The Balaban J connectivity index is 1.76. The van der Waals surface area contributed by atoms with Crippen LogP contribution in [0.3, 0.4) is 0 Å². The number of amides is 1. The van der Waals surface area contributed by atoms with E-state index in [9.17, 15) is 4.79 Å². The van der Waals surface area contributed by atoms with Crippen LogP contribution in [0.1, 0.15) is 41.6 Å². The van der Waals surface area contributed by atoms with Crippen LogP contribution >= 0.6 is 11.3 Å². The molecule has 0 unspecified atom stereocenters. The van der Waals surface area contributed by atoms with Gasteiger partial charge in [-0.05, 0) is 33.6 Å². The summed E-state index contributed by atoms with van der Waals surface area (Å²) < 4.78 is 5.67. The van der Waals surface area contributed by atoms with E-state index in [1.807, 2.05) is 12.3 Å². The van der Waals surface area contributed by atoms with Gasteiger partial charge < -0.3 is 9.73 Å². The second-order valence-electron chi connectivity index (χ2n) is 6.37. The lowest BCUT2D eigenvalue weighted by Crippen LogP contribution is -2.18. The molecule has 24 heavy (non-hydrogen) atoms. The molecular formula is C16H17N5O2S. The fraction of sp³-hybridized carbons (Fsp3) is 0.375. The lowest BCUT2D eigenvalue weighted by atomic mass is 10.1. The maximum Gasteiger partial charge on any atom is 0.261 e. The van der Waals surface area contributed by atoms with E-state index in [2.05, 4.69) is 32.5 Å². The number of fused-ring (bicyclic) bond motifs is 1. The molecule has 8 heteroatoms. The molecule has 0 radical (unpaired) electrons. The van der Waals surface area contributed by atoms with E-state index in [0.29, 0.717) is 33.4 Å². The van der Waals surface area contributed by atoms with Crippen molar-refractivity contribution >= 4 is 39.3 Å². The minimum Gasteiger partial charge on any atom is -0.442 e. The normalized spacial score (nSPS) is 15.5. The first-order chi connectivity index (χ1) is 11.5. The van der Waals surface area contributed by atoms with E-state index in [0.717, 1.165) is 18.5 Å². The molecule has 1 amide bonds. The van der Waals surface area contributed by atoms with Crippen LogP contribution < -0.4 is 10.6 Å². The topological polar surface area (TPSA) is 92.9 Å². The highest BCUT2D eigenvalue weighted by molar-refractivity contribution is 7.13. The molecule has 3 aromatic heterocycles. The molecule has 7 nitrogen and oxygen atoms in total. The number of rotatable bonds is 4. The number of anilines is 2. The lowest BCUT2D eigenvalue weighted by molar-refractivity contribution is 0.102. The van der Waals surface area contributed by atoms with Crippen LogP contribution in [-0.4, -0.2) is 26.4 Å². The van der Waals surface area contributed by atoms with Gasteiger partial charge in [-0.2, -0.15) is 0 Å². The fourth-order valence-electron chi connectivity index (χ4n) is 2.58. The molecule has 3 aromatic rings. The second kappa shape index (κ2) is 5.27. The second-order valence-corrected chi connectivity index (χ2v) is 7.23. The van der Waals surface area contributed by atoms with Gasteiger partial charge in [0, 0.05) is 10.9 Å². The molecule has 2 N–H and O–H groups in total. The van der Waals surface area contributed by atoms with Gasteiger partial charge in [0.05, 0.1) is 16.6 Å². The van der Waals surface area contributed by atoms with Crippen LogP contribution in [0.4, 0.5) is 10.9 Å². The maximum atomic E-state index is 12.8. The molecule has 3 heterocycles. The summed E-state index contributed by atoms with van der Waals surface area (Å²) in [6.07, 6.45) is 3.61. The van der Waals surface area contributed by atoms with Crippen LogP contribution in [0.25, 0.3) is 11.1 Å². The molecule has 0 aromatic carbocycles. The number of aryl methyl sites for hydroxylation is 2. The van der Waals surface area contributed by atoms with Crippen molar-refractivity contribution in [3.05, 3.63) is 28.7 Å². The van der Waals surface area contributed by atoms with E-state index in [1.54, 1.807) is 6.92 Å². The summed E-state index contributed by atoms with van der Waals surface area (Å²) in [4.78, 5) is 25.5. The average molecular weight is 343 g/mol. The van der Waals surface area contributed by atoms with E-state index in [-0.39, 0.29) is 11.4 Å². The van der Waals surface area contributed by atoms with Gasteiger partial charge in [0.1, 0.15) is 17.9 Å². The molecule has 4 rings (SSSR count). The highest BCUT2D eigenvalue weighted by Crippen LogP contribution is 2.40. The minimum absolute atomic E-state index is 0.0343. The summed E-state index contributed by atoms with van der Waals surface area (Å²) in [5.74, 6) is 0.886. The number of furan rings is 1. The van der Waals surface area contributed by atoms with Gasteiger partial charge in [-0.25, -0.2) is 15.0 Å². The van der Waals surface area contributed by atoms with Gasteiger partial charge in [0.25, 0.3) is 5.91 Å². The maximum absolute atomic E-state index is 12.8. The molecule has 1 fully saturated rings. The number of hydrogen-bond donors (Lipinski definition) is 2. The highest BCUT2D eigenvalue weighted by Gasteiger charge is 2.38. The Kier molecular flexibility index (Phi) is 3.31. The van der Waals surface area contributed by atoms with Gasteiger partial charge in [0.15, 0.2) is 5.13 Å². The predicted molar refractivity (Wildman–Crippen MR) is 92.6 cm³/mol. The van der Waals surface area contributed by atoms with Gasteiger partial charge in [-0.3, -0.25) is 10.1 Å². The Hall–Kier alpha value is -2.48. The Labute approximate surface area is 142 Å². The first-order valence-electron chi connectivity index (χ1n) is 7.71. The van der Waals surface area contributed by atoms with Crippen molar-refractivity contribution in [1.82, 2.24) is 15.0 Å². The van der Waals surface area contributed by atoms with E-state index in [1.165, 1.54) is 17.7 Å². The Morgan fingerprint density at radius 3 is 2.79 bits per heavy atom. The highest BCUT2D eigenvalue weighted by atomic mass is 32.1. The number of carbonyl (C=O) groups excluding carboxylic acids is 1. The summed E-state index contributed by atoms with van der Waals surface area (Å²) in [5, 5.41) is 9.31. The molecule has 1 aliphatic carbocycles. The third-order valence-corrected chi connectivity index (χ3v) is 5.03. The van der Waals surface area contributed by atoms with Crippen LogP contribution in [-0.2, 0) is 0 Å². The van der Waals surface area contributed by atoms with Crippen molar-refractivity contribution in [1.29, 1.82) is 0 Å². The third-order valence-electron chi connectivity index (χ3n) is 4.15. The van der Waals surface area contributed by atoms with E-state index < -0.39 is 0 Å². The fourth-order valence-corrected chi connectivity index (χ4v) is 3.26. The number of hydrogen-bond acceptors (Lipinski definition) is 7. The SMILES string of the molecule is Cc1csc(NC(=O)c2c(C)oc3ncnc(NC4(C)CC4)c23)n1. The quantitative estimate of drug-likeness (QED) is 0.753. The molecular weight excluding hydrogens is 326 g/mol. The number of aromatic nitrogens is 3. The zero-order chi connectivity index (χ0) is 16.9. The zero-order valence-corrected chi connectivity index (χ0v) is 14.5. The third kappa shape index (κ3) is 2.62. The van der Waals surface area contributed by atoms with E-state index >= 15 is 0 Å². The smallest absolute Gasteiger partial charge is 0.261 e. The molecule has 0 bridgehead atoms. The van der Waals surface area contributed by atoms with Crippen molar-refractivity contribution in [3.63, 3.8) is 0 Å². The number of thiazole rings is 1. The molecule has 0 spiro atoms. The van der Waals surface area contributed by atoms with Gasteiger partial charge in [-0.1, -0.05) is 0 Å². The summed E-state index contributed by atoms with van der Waals surface area (Å²) in [7, 11) is 0. The largest absolute Gasteiger partial charge is 0.442 e. The molecule has 124 valence electrons. The number of nitrogens with one attached hydrogen (secondary N) is 2. The summed E-state index contributed by atoms with van der Waals surface area (Å²) >= 11 is 1.39. The number of carbonyl (C=O) groups is 1. The van der Waals surface area contributed by atoms with Gasteiger partial charge in [0.2, 0.25) is 5.71 Å². The summed E-state index contributed by atoms with van der Waals surface area (Å²) in [6, 6.07) is 0. The molecule has 1 saturated carbocycles. The van der Waals surface area contributed by atoms with Crippen LogP contribution in [0.15, 0.2) is 16.1 Å². The van der Waals surface area contributed by atoms with E-state index in [4.69, 9.17) is 4.42 Å². The minimum atomic E-state index is -0.264. The molecule has 0 atom stereocenters. The van der Waals surface area contributed by atoms with Crippen LogP contribution in [0.5, 0.6) is 0 Å². The monoisotopic (exact) mass is 343 g/mol. The molecule has 0 saturated heterocycles. The lowest BCUT2D eigenvalue weighted by Gasteiger charge is -2.13. The van der Waals surface area contributed by atoms with Crippen LogP contribution in [0, 0.1) is 13.8 Å². The Morgan fingerprint density at radius 1 is 1.33 bits per heavy atom. The summed E-state index contributed by atoms with van der Waals surface area (Å²) in [6.45, 7) is 5.77. The van der Waals surface area contributed by atoms with Crippen molar-refractivity contribution in [2.75, 3.05) is 10.6 Å². The van der Waals surface area contributed by atoms with Crippen molar-refractivity contribution in [2.24, 2.45) is 0 Å². The average Bonchev–Trinajstić information content (AvgIpc) is 2.94. The van der Waals surface area contributed by atoms with Crippen molar-refractivity contribution < 1.29 is 9.21 Å². The first-order valence-corrected chi connectivity index (χ1v) is 8.59. The van der Waals surface area contributed by atoms with Crippen molar-refractivity contribution in [2.45, 2.75) is 39.2 Å². The Bertz CT molecular complexity index is 941.